The van der Waals surface area contributed by atoms with Gasteiger partial charge in [0.05, 0.1) is 0 Å². The summed E-state index contributed by atoms with van der Waals surface area (Å²) in [6.07, 6.45) is 5.14. The molecule has 1 saturated heterocycles. The zero-order chi connectivity index (χ0) is 19.3. The first-order chi connectivity index (χ1) is 13.7. The van der Waals surface area contributed by atoms with E-state index in [9.17, 15) is 4.79 Å². The van der Waals surface area contributed by atoms with Crippen LogP contribution in [0.1, 0.15) is 15.9 Å². The Kier molecular flexibility index (Phi) is 5.14. The van der Waals surface area contributed by atoms with Gasteiger partial charge in [-0.3, -0.25) is 4.79 Å². The minimum atomic E-state index is 0.0170. The van der Waals surface area contributed by atoms with Crippen molar-refractivity contribution in [3.63, 3.8) is 0 Å². The molecule has 0 bridgehead atoms. The maximum absolute atomic E-state index is 12.9. The van der Waals surface area contributed by atoms with Gasteiger partial charge in [-0.25, -0.2) is 15.0 Å². The van der Waals surface area contributed by atoms with Gasteiger partial charge >= 0.3 is 0 Å². The van der Waals surface area contributed by atoms with Crippen molar-refractivity contribution in [1.82, 2.24) is 19.9 Å². The number of hydrogen-bond donors (Lipinski definition) is 1. The number of anilines is 3. The number of nitrogens with one attached hydrogen (secondary N) is 1. The minimum Gasteiger partial charge on any atom is -0.340 e. The number of carbonyl (C=O) groups excluding carboxylic acids is 1. The van der Waals surface area contributed by atoms with Crippen molar-refractivity contribution in [2.45, 2.75) is 6.92 Å². The molecule has 0 aliphatic carbocycles. The fourth-order valence-corrected chi connectivity index (χ4v) is 3.25. The van der Waals surface area contributed by atoms with Crippen molar-refractivity contribution in [3.8, 4) is 0 Å². The van der Waals surface area contributed by atoms with E-state index in [0.717, 1.165) is 24.3 Å². The van der Waals surface area contributed by atoms with Crippen LogP contribution in [0, 0.1) is 6.92 Å². The smallest absolute Gasteiger partial charge is 0.254 e. The predicted octanol–water partition coefficient (Wildman–Crippen LogP) is 2.89. The van der Waals surface area contributed by atoms with E-state index in [1.165, 1.54) is 0 Å². The monoisotopic (exact) mass is 374 g/mol. The summed E-state index contributed by atoms with van der Waals surface area (Å²) < 4.78 is 0. The number of rotatable bonds is 4. The van der Waals surface area contributed by atoms with Crippen molar-refractivity contribution in [1.29, 1.82) is 0 Å². The van der Waals surface area contributed by atoms with Gasteiger partial charge in [0.2, 0.25) is 5.95 Å². The summed E-state index contributed by atoms with van der Waals surface area (Å²) in [5, 5.41) is 3.26. The summed E-state index contributed by atoms with van der Waals surface area (Å²) in [4.78, 5) is 29.8. The van der Waals surface area contributed by atoms with E-state index in [1.807, 2.05) is 36.1 Å². The molecule has 1 aliphatic heterocycles. The molecule has 1 aliphatic rings. The second kappa shape index (κ2) is 8.04. The summed E-state index contributed by atoms with van der Waals surface area (Å²) in [5.41, 5.74) is 2.75. The average molecular weight is 374 g/mol. The van der Waals surface area contributed by atoms with Crippen molar-refractivity contribution >= 4 is 23.4 Å². The number of carbonyl (C=O) groups is 1. The molecular weight excluding hydrogens is 352 g/mol. The Bertz CT molecular complexity index is 954. The molecule has 0 unspecified atom stereocenters. The SMILES string of the molecule is Cc1cccc(Nc2cc(C(=O)N3CCN(c4ncccn4)CC3)ccn2)c1. The van der Waals surface area contributed by atoms with Gasteiger partial charge in [-0.1, -0.05) is 12.1 Å². The fraction of sp³-hybridized carbons (Fsp3) is 0.238. The summed E-state index contributed by atoms with van der Waals surface area (Å²) in [7, 11) is 0. The fourth-order valence-electron chi connectivity index (χ4n) is 3.25. The topological polar surface area (TPSA) is 74.2 Å². The molecule has 1 aromatic carbocycles. The van der Waals surface area contributed by atoms with E-state index in [-0.39, 0.29) is 5.91 Å². The van der Waals surface area contributed by atoms with E-state index in [1.54, 1.807) is 36.8 Å². The molecule has 2 aromatic heterocycles. The van der Waals surface area contributed by atoms with Crippen LogP contribution in [-0.2, 0) is 0 Å². The molecule has 3 heterocycles. The molecular formula is C21H22N6O. The van der Waals surface area contributed by atoms with Crippen LogP contribution in [0.25, 0.3) is 0 Å². The van der Waals surface area contributed by atoms with Crippen LogP contribution >= 0.6 is 0 Å². The highest BCUT2D eigenvalue weighted by atomic mass is 16.2. The first kappa shape index (κ1) is 17.9. The van der Waals surface area contributed by atoms with Crippen molar-refractivity contribution in [3.05, 3.63) is 72.2 Å². The zero-order valence-corrected chi connectivity index (χ0v) is 15.7. The summed E-state index contributed by atoms with van der Waals surface area (Å²) in [6.45, 7) is 4.75. The highest BCUT2D eigenvalue weighted by Gasteiger charge is 2.23. The molecule has 7 nitrogen and oxygen atoms in total. The minimum absolute atomic E-state index is 0.0170. The van der Waals surface area contributed by atoms with Gasteiger partial charge in [0.1, 0.15) is 5.82 Å². The van der Waals surface area contributed by atoms with Gasteiger partial charge in [-0.2, -0.15) is 0 Å². The van der Waals surface area contributed by atoms with Gasteiger partial charge in [0, 0.05) is 56.0 Å². The Hall–Kier alpha value is -3.48. The number of pyridine rings is 1. The van der Waals surface area contributed by atoms with Gasteiger partial charge in [-0.05, 0) is 42.8 Å². The van der Waals surface area contributed by atoms with Gasteiger partial charge in [0.15, 0.2) is 0 Å². The Morgan fingerprint density at radius 3 is 2.46 bits per heavy atom. The number of piperazine rings is 1. The Labute approximate surface area is 164 Å². The molecule has 142 valence electrons. The highest BCUT2D eigenvalue weighted by molar-refractivity contribution is 5.95. The van der Waals surface area contributed by atoms with E-state index < -0.39 is 0 Å². The number of amides is 1. The maximum atomic E-state index is 12.9. The molecule has 1 fully saturated rings. The van der Waals surface area contributed by atoms with E-state index in [2.05, 4.69) is 25.2 Å². The van der Waals surface area contributed by atoms with Crippen LogP contribution in [0.2, 0.25) is 0 Å². The lowest BCUT2D eigenvalue weighted by Gasteiger charge is -2.34. The van der Waals surface area contributed by atoms with Crippen LogP contribution in [0.5, 0.6) is 0 Å². The number of aryl methyl sites for hydroxylation is 1. The lowest BCUT2D eigenvalue weighted by atomic mass is 10.2. The van der Waals surface area contributed by atoms with E-state index >= 15 is 0 Å². The van der Waals surface area contributed by atoms with E-state index in [4.69, 9.17) is 0 Å². The Balaban J connectivity index is 1.41. The van der Waals surface area contributed by atoms with Gasteiger partial charge < -0.3 is 15.1 Å². The summed E-state index contributed by atoms with van der Waals surface area (Å²) >= 11 is 0. The van der Waals surface area contributed by atoms with Crippen LogP contribution < -0.4 is 10.2 Å². The molecule has 1 N–H and O–H groups in total. The molecule has 0 saturated carbocycles. The van der Waals surface area contributed by atoms with Crippen LogP contribution in [0.15, 0.2) is 61.1 Å². The van der Waals surface area contributed by atoms with Gasteiger partial charge in [0.25, 0.3) is 5.91 Å². The van der Waals surface area contributed by atoms with Crippen LogP contribution in [-0.4, -0.2) is 51.9 Å². The summed E-state index contributed by atoms with van der Waals surface area (Å²) in [6, 6.07) is 13.4. The summed E-state index contributed by atoms with van der Waals surface area (Å²) in [5.74, 6) is 1.39. The number of nitrogens with zero attached hydrogens (tertiary/aromatic N) is 5. The first-order valence-corrected chi connectivity index (χ1v) is 9.30. The Morgan fingerprint density at radius 1 is 0.929 bits per heavy atom. The second-order valence-corrected chi connectivity index (χ2v) is 6.75. The lowest BCUT2D eigenvalue weighted by molar-refractivity contribution is 0.0746. The molecule has 7 heteroatoms. The normalized spacial score (nSPS) is 14.0. The molecule has 4 rings (SSSR count). The molecule has 28 heavy (non-hydrogen) atoms. The van der Waals surface area contributed by atoms with Crippen molar-refractivity contribution in [2.24, 2.45) is 0 Å². The second-order valence-electron chi connectivity index (χ2n) is 6.75. The van der Waals surface area contributed by atoms with Crippen molar-refractivity contribution in [2.75, 3.05) is 36.4 Å². The third-order valence-corrected chi connectivity index (χ3v) is 4.70. The third-order valence-electron chi connectivity index (χ3n) is 4.70. The standard InChI is InChI=1S/C21H22N6O/c1-16-4-2-5-18(14-16)25-19-15-17(6-9-22-19)20(28)26-10-12-27(13-11-26)21-23-7-3-8-24-21/h2-9,14-15H,10-13H2,1H3,(H,22,25). The van der Waals surface area contributed by atoms with Gasteiger partial charge in [-0.15, -0.1) is 0 Å². The number of aromatic nitrogens is 3. The Morgan fingerprint density at radius 2 is 1.71 bits per heavy atom. The average Bonchev–Trinajstić information content (AvgIpc) is 2.74. The molecule has 1 amide bonds. The highest BCUT2D eigenvalue weighted by Crippen LogP contribution is 2.18. The van der Waals surface area contributed by atoms with Crippen molar-refractivity contribution < 1.29 is 4.79 Å². The maximum Gasteiger partial charge on any atom is 0.254 e. The first-order valence-electron chi connectivity index (χ1n) is 9.30. The molecule has 0 atom stereocenters. The zero-order valence-electron chi connectivity index (χ0n) is 15.7. The quantitative estimate of drug-likeness (QED) is 0.757. The molecule has 3 aromatic rings. The number of hydrogen-bond acceptors (Lipinski definition) is 6. The third kappa shape index (κ3) is 4.09. The number of benzene rings is 1. The van der Waals surface area contributed by atoms with E-state index in [0.29, 0.717) is 30.4 Å². The molecule has 0 radical (unpaired) electrons. The molecule has 0 spiro atoms. The van der Waals surface area contributed by atoms with Crippen LogP contribution in [0.4, 0.5) is 17.5 Å². The largest absolute Gasteiger partial charge is 0.340 e. The lowest BCUT2D eigenvalue weighted by Crippen LogP contribution is -2.49. The predicted molar refractivity (Wildman–Crippen MR) is 109 cm³/mol. The van der Waals surface area contributed by atoms with Crippen LogP contribution in [0.3, 0.4) is 0 Å².